The van der Waals surface area contributed by atoms with Gasteiger partial charge in [-0.15, -0.1) is 0 Å². The standard InChI is InChI=1S/C14H13NO3/c1-9-4-3-5-10(6-9)12-7-11(14(16)17)8-13(15-12)18-2/h3-8H,1-2H3,(H,16,17). The van der Waals surface area contributed by atoms with Gasteiger partial charge in [-0.2, -0.15) is 0 Å². The number of hydrogen-bond acceptors (Lipinski definition) is 3. The highest BCUT2D eigenvalue weighted by Gasteiger charge is 2.10. The zero-order valence-corrected chi connectivity index (χ0v) is 10.2. The first-order valence-electron chi connectivity index (χ1n) is 5.46. The van der Waals surface area contributed by atoms with Gasteiger partial charge in [0.05, 0.1) is 18.4 Å². The maximum atomic E-state index is 11.0. The van der Waals surface area contributed by atoms with Crippen LogP contribution in [0.5, 0.6) is 5.88 Å². The van der Waals surface area contributed by atoms with Gasteiger partial charge < -0.3 is 9.84 Å². The summed E-state index contributed by atoms with van der Waals surface area (Å²) in [6.07, 6.45) is 0. The number of hydrogen-bond donors (Lipinski definition) is 1. The molecule has 2 aromatic rings. The fourth-order valence-corrected chi connectivity index (χ4v) is 1.69. The van der Waals surface area contributed by atoms with Gasteiger partial charge in [0.1, 0.15) is 0 Å². The number of carbonyl (C=O) groups is 1. The Balaban J connectivity index is 2.56. The Morgan fingerprint density at radius 3 is 2.67 bits per heavy atom. The largest absolute Gasteiger partial charge is 0.481 e. The molecule has 0 atom stereocenters. The zero-order chi connectivity index (χ0) is 13.1. The molecule has 0 radical (unpaired) electrons. The summed E-state index contributed by atoms with van der Waals surface area (Å²) in [6, 6.07) is 10.7. The minimum atomic E-state index is -0.996. The number of pyridine rings is 1. The predicted molar refractivity (Wildman–Crippen MR) is 67.9 cm³/mol. The molecule has 0 amide bonds. The van der Waals surface area contributed by atoms with Crippen LogP contribution in [0.3, 0.4) is 0 Å². The second kappa shape index (κ2) is 4.87. The first kappa shape index (κ1) is 12.1. The van der Waals surface area contributed by atoms with Gasteiger partial charge in [0, 0.05) is 11.6 Å². The average molecular weight is 243 g/mol. The highest BCUT2D eigenvalue weighted by molar-refractivity contribution is 5.89. The Morgan fingerprint density at radius 2 is 2.06 bits per heavy atom. The van der Waals surface area contributed by atoms with Gasteiger partial charge in [0.15, 0.2) is 0 Å². The molecule has 0 spiro atoms. The van der Waals surface area contributed by atoms with Gasteiger partial charge >= 0.3 is 5.97 Å². The van der Waals surface area contributed by atoms with Crippen LogP contribution in [0.4, 0.5) is 0 Å². The lowest BCUT2D eigenvalue weighted by molar-refractivity contribution is 0.0696. The van der Waals surface area contributed by atoms with Crippen molar-refractivity contribution in [2.45, 2.75) is 6.92 Å². The molecule has 0 aliphatic carbocycles. The van der Waals surface area contributed by atoms with Crippen molar-refractivity contribution in [3.63, 3.8) is 0 Å². The fourth-order valence-electron chi connectivity index (χ4n) is 1.69. The summed E-state index contributed by atoms with van der Waals surface area (Å²) < 4.78 is 5.02. The third-order valence-corrected chi connectivity index (χ3v) is 2.57. The molecule has 92 valence electrons. The average Bonchev–Trinajstić information content (AvgIpc) is 2.38. The van der Waals surface area contributed by atoms with E-state index in [2.05, 4.69) is 4.98 Å². The summed E-state index contributed by atoms with van der Waals surface area (Å²) in [7, 11) is 1.47. The first-order valence-corrected chi connectivity index (χ1v) is 5.46. The second-order valence-corrected chi connectivity index (χ2v) is 3.96. The Labute approximate surface area is 105 Å². The van der Waals surface area contributed by atoms with Crippen molar-refractivity contribution in [2.24, 2.45) is 0 Å². The van der Waals surface area contributed by atoms with Gasteiger partial charge in [0.25, 0.3) is 0 Å². The lowest BCUT2D eigenvalue weighted by Crippen LogP contribution is -2.00. The van der Waals surface area contributed by atoms with Crippen LogP contribution in [-0.2, 0) is 0 Å². The topological polar surface area (TPSA) is 59.4 Å². The Morgan fingerprint density at radius 1 is 1.28 bits per heavy atom. The molecule has 1 N–H and O–H groups in total. The Kier molecular flexibility index (Phi) is 3.28. The molecule has 18 heavy (non-hydrogen) atoms. The van der Waals surface area contributed by atoms with E-state index in [1.165, 1.54) is 13.2 Å². The van der Waals surface area contributed by atoms with Crippen molar-refractivity contribution in [1.82, 2.24) is 4.98 Å². The number of methoxy groups -OCH3 is 1. The number of nitrogens with zero attached hydrogens (tertiary/aromatic N) is 1. The molecular formula is C14H13NO3. The van der Waals surface area contributed by atoms with Crippen molar-refractivity contribution in [3.05, 3.63) is 47.5 Å². The third kappa shape index (κ3) is 2.48. The first-order chi connectivity index (χ1) is 8.60. The summed E-state index contributed by atoms with van der Waals surface area (Å²) >= 11 is 0. The van der Waals surface area contributed by atoms with E-state index in [1.54, 1.807) is 6.07 Å². The molecule has 1 heterocycles. The maximum absolute atomic E-state index is 11.0. The number of carboxylic acid groups (broad SMARTS) is 1. The van der Waals surface area contributed by atoms with Crippen LogP contribution in [0.1, 0.15) is 15.9 Å². The van der Waals surface area contributed by atoms with Crippen LogP contribution in [0, 0.1) is 6.92 Å². The number of aryl methyl sites for hydroxylation is 1. The van der Waals surface area contributed by atoms with E-state index in [1.807, 2.05) is 31.2 Å². The smallest absolute Gasteiger partial charge is 0.335 e. The molecule has 0 fully saturated rings. The number of ether oxygens (including phenoxy) is 1. The van der Waals surface area contributed by atoms with Crippen molar-refractivity contribution < 1.29 is 14.6 Å². The van der Waals surface area contributed by atoms with Gasteiger partial charge in [-0.05, 0) is 19.1 Å². The van der Waals surface area contributed by atoms with Gasteiger partial charge in [-0.3, -0.25) is 0 Å². The van der Waals surface area contributed by atoms with Crippen LogP contribution < -0.4 is 4.74 Å². The maximum Gasteiger partial charge on any atom is 0.335 e. The molecule has 0 aliphatic rings. The van der Waals surface area contributed by atoms with E-state index in [4.69, 9.17) is 9.84 Å². The van der Waals surface area contributed by atoms with Crippen molar-refractivity contribution in [2.75, 3.05) is 7.11 Å². The van der Waals surface area contributed by atoms with E-state index < -0.39 is 5.97 Å². The zero-order valence-electron chi connectivity index (χ0n) is 10.2. The summed E-state index contributed by atoms with van der Waals surface area (Å²) in [6.45, 7) is 1.97. The molecule has 2 rings (SSSR count). The molecule has 0 saturated carbocycles. The quantitative estimate of drug-likeness (QED) is 0.900. The summed E-state index contributed by atoms with van der Waals surface area (Å²) in [5.74, 6) is -0.698. The summed E-state index contributed by atoms with van der Waals surface area (Å²) in [5, 5.41) is 9.05. The molecule has 0 bridgehead atoms. The summed E-state index contributed by atoms with van der Waals surface area (Å²) in [4.78, 5) is 15.3. The van der Waals surface area contributed by atoms with E-state index in [9.17, 15) is 4.79 Å². The van der Waals surface area contributed by atoms with Gasteiger partial charge in [-0.1, -0.05) is 23.8 Å². The number of aromatic carboxylic acids is 1. The van der Waals surface area contributed by atoms with Crippen LogP contribution in [-0.4, -0.2) is 23.2 Å². The normalized spacial score (nSPS) is 10.1. The highest BCUT2D eigenvalue weighted by Crippen LogP contribution is 2.23. The van der Waals surface area contributed by atoms with Crippen LogP contribution in [0.2, 0.25) is 0 Å². The number of carboxylic acids is 1. The molecule has 0 saturated heterocycles. The van der Waals surface area contributed by atoms with Crippen molar-refractivity contribution in [3.8, 4) is 17.1 Å². The third-order valence-electron chi connectivity index (χ3n) is 2.57. The monoisotopic (exact) mass is 243 g/mol. The second-order valence-electron chi connectivity index (χ2n) is 3.96. The van der Waals surface area contributed by atoms with E-state index in [0.717, 1.165) is 11.1 Å². The minimum absolute atomic E-state index is 0.165. The Bertz CT molecular complexity index is 593. The number of rotatable bonds is 3. The van der Waals surface area contributed by atoms with Crippen molar-refractivity contribution >= 4 is 5.97 Å². The SMILES string of the molecule is COc1cc(C(=O)O)cc(-c2cccc(C)c2)n1. The van der Waals surface area contributed by atoms with Crippen LogP contribution in [0.25, 0.3) is 11.3 Å². The predicted octanol–water partition coefficient (Wildman–Crippen LogP) is 2.76. The number of benzene rings is 1. The molecule has 0 unspecified atom stereocenters. The van der Waals surface area contributed by atoms with Gasteiger partial charge in [0.2, 0.25) is 5.88 Å². The van der Waals surface area contributed by atoms with Gasteiger partial charge in [-0.25, -0.2) is 9.78 Å². The van der Waals surface area contributed by atoms with Crippen molar-refractivity contribution in [1.29, 1.82) is 0 Å². The Hall–Kier alpha value is -2.36. The highest BCUT2D eigenvalue weighted by atomic mass is 16.5. The summed E-state index contributed by atoms with van der Waals surface area (Å²) in [5.41, 5.74) is 2.72. The van der Waals surface area contributed by atoms with E-state index in [-0.39, 0.29) is 5.56 Å². The molecule has 1 aromatic carbocycles. The lowest BCUT2D eigenvalue weighted by Gasteiger charge is -2.06. The molecule has 0 aliphatic heterocycles. The van der Waals surface area contributed by atoms with E-state index >= 15 is 0 Å². The van der Waals surface area contributed by atoms with Crippen LogP contribution >= 0.6 is 0 Å². The molecule has 4 heteroatoms. The van der Waals surface area contributed by atoms with E-state index in [0.29, 0.717) is 11.6 Å². The molecule has 1 aromatic heterocycles. The lowest BCUT2D eigenvalue weighted by atomic mass is 10.1. The minimum Gasteiger partial charge on any atom is -0.481 e. The molecular weight excluding hydrogens is 230 g/mol. The van der Waals surface area contributed by atoms with Crippen LogP contribution in [0.15, 0.2) is 36.4 Å². The molecule has 4 nitrogen and oxygen atoms in total. The number of aromatic nitrogens is 1. The fraction of sp³-hybridized carbons (Fsp3) is 0.143.